The lowest BCUT2D eigenvalue weighted by molar-refractivity contribution is 0.355. The minimum atomic E-state index is 0.748. The average molecular weight is 356 g/mol. The molecule has 4 nitrogen and oxygen atoms in total. The Hall–Kier alpha value is -1.85. The molecule has 25 heavy (non-hydrogen) atoms. The zero-order valence-electron chi connectivity index (χ0n) is 14.7. The van der Waals surface area contributed by atoms with Gasteiger partial charge in [-0.25, -0.2) is 4.98 Å². The standard InChI is InChI=1S/C20H24N2O2S/c1-23-17-6-5-15(9-18(17)24-2)19-11-22-20(25-19)12-21-10-16-8-13-3-4-14(16)7-13/h3-6,9,11,13-14,16,21H,7-8,10,12H2,1-2H3. The topological polar surface area (TPSA) is 43.4 Å². The minimum absolute atomic E-state index is 0.748. The number of allylic oxidation sites excluding steroid dienone is 2. The molecule has 1 heterocycles. The number of methoxy groups -OCH3 is 2. The van der Waals surface area contributed by atoms with Gasteiger partial charge in [-0.05, 0) is 60.9 Å². The summed E-state index contributed by atoms with van der Waals surface area (Å²) in [5.41, 5.74) is 1.11. The number of hydrogen-bond donors (Lipinski definition) is 1. The van der Waals surface area contributed by atoms with Crippen LogP contribution in [-0.2, 0) is 6.54 Å². The number of rotatable bonds is 7. The molecule has 0 amide bonds. The molecular formula is C20H24N2O2S. The van der Waals surface area contributed by atoms with Crippen LogP contribution >= 0.6 is 11.3 Å². The maximum atomic E-state index is 5.39. The van der Waals surface area contributed by atoms with Crippen molar-refractivity contribution >= 4 is 11.3 Å². The molecule has 0 spiro atoms. The van der Waals surface area contributed by atoms with Crippen molar-refractivity contribution in [3.63, 3.8) is 0 Å². The van der Waals surface area contributed by atoms with E-state index in [9.17, 15) is 0 Å². The first kappa shape index (κ1) is 16.6. The lowest BCUT2D eigenvalue weighted by Crippen LogP contribution is -2.24. The Morgan fingerprint density at radius 1 is 1.16 bits per heavy atom. The Kier molecular flexibility index (Phi) is 4.77. The van der Waals surface area contributed by atoms with E-state index in [1.165, 1.54) is 12.8 Å². The van der Waals surface area contributed by atoms with E-state index in [1.54, 1.807) is 25.6 Å². The van der Waals surface area contributed by atoms with Crippen molar-refractivity contribution in [2.75, 3.05) is 20.8 Å². The molecule has 2 aliphatic rings. The van der Waals surface area contributed by atoms with Crippen LogP contribution in [0.1, 0.15) is 17.8 Å². The number of nitrogens with one attached hydrogen (secondary N) is 1. The normalized spacial score (nSPS) is 24.0. The van der Waals surface area contributed by atoms with Crippen LogP contribution in [0, 0.1) is 17.8 Å². The SMILES string of the molecule is COc1ccc(-c2cnc(CNCC3CC4C=CC3C4)s2)cc1OC. The minimum Gasteiger partial charge on any atom is -0.493 e. The summed E-state index contributed by atoms with van der Waals surface area (Å²) in [5.74, 6) is 3.94. The van der Waals surface area contributed by atoms with Crippen LogP contribution in [-0.4, -0.2) is 25.7 Å². The second-order valence-electron chi connectivity index (χ2n) is 6.86. The van der Waals surface area contributed by atoms with Crippen molar-refractivity contribution in [1.82, 2.24) is 10.3 Å². The number of hydrogen-bond acceptors (Lipinski definition) is 5. The molecule has 1 fully saturated rings. The van der Waals surface area contributed by atoms with Gasteiger partial charge in [0, 0.05) is 12.7 Å². The molecule has 1 saturated carbocycles. The predicted molar refractivity (Wildman–Crippen MR) is 101 cm³/mol. The summed E-state index contributed by atoms with van der Waals surface area (Å²) in [5, 5.41) is 4.73. The van der Waals surface area contributed by atoms with E-state index in [-0.39, 0.29) is 0 Å². The molecule has 132 valence electrons. The van der Waals surface area contributed by atoms with Crippen LogP contribution in [0.2, 0.25) is 0 Å². The van der Waals surface area contributed by atoms with Crippen LogP contribution in [0.4, 0.5) is 0 Å². The smallest absolute Gasteiger partial charge is 0.161 e. The quantitative estimate of drug-likeness (QED) is 0.758. The molecular weight excluding hydrogens is 332 g/mol. The summed E-state index contributed by atoms with van der Waals surface area (Å²) in [4.78, 5) is 5.73. The zero-order chi connectivity index (χ0) is 17.2. The fraction of sp³-hybridized carbons (Fsp3) is 0.450. The van der Waals surface area contributed by atoms with E-state index < -0.39 is 0 Å². The highest BCUT2D eigenvalue weighted by molar-refractivity contribution is 7.15. The molecule has 1 N–H and O–H groups in total. The first-order valence-electron chi connectivity index (χ1n) is 8.83. The van der Waals surface area contributed by atoms with E-state index in [4.69, 9.17) is 9.47 Å². The average Bonchev–Trinajstić information content (AvgIpc) is 3.38. The second-order valence-corrected chi connectivity index (χ2v) is 7.97. The van der Waals surface area contributed by atoms with Gasteiger partial charge in [-0.1, -0.05) is 12.2 Å². The van der Waals surface area contributed by atoms with Gasteiger partial charge in [0.2, 0.25) is 0 Å². The van der Waals surface area contributed by atoms with Crippen LogP contribution in [0.15, 0.2) is 36.5 Å². The number of nitrogens with zero attached hydrogens (tertiary/aromatic N) is 1. The van der Waals surface area contributed by atoms with E-state index in [2.05, 4.69) is 22.5 Å². The first-order chi connectivity index (χ1) is 12.3. The highest BCUT2D eigenvalue weighted by Gasteiger charge is 2.34. The number of benzene rings is 1. The molecule has 2 aliphatic carbocycles. The van der Waals surface area contributed by atoms with E-state index >= 15 is 0 Å². The van der Waals surface area contributed by atoms with Gasteiger partial charge >= 0.3 is 0 Å². The van der Waals surface area contributed by atoms with E-state index in [1.807, 2.05) is 24.4 Å². The maximum absolute atomic E-state index is 5.39. The molecule has 0 saturated heterocycles. The molecule has 1 aromatic heterocycles. The van der Waals surface area contributed by atoms with Crippen molar-refractivity contribution in [3.05, 3.63) is 41.6 Å². The van der Waals surface area contributed by atoms with Crippen LogP contribution in [0.25, 0.3) is 10.4 Å². The monoisotopic (exact) mass is 356 g/mol. The maximum Gasteiger partial charge on any atom is 0.161 e. The molecule has 0 radical (unpaired) electrons. The fourth-order valence-corrected chi connectivity index (χ4v) is 4.89. The molecule has 4 rings (SSSR count). The third kappa shape index (κ3) is 3.44. The molecule has 0 aliphatic heterocycles. The summed E-state index contributed by atoms with van der Waals surface area (Å²) in [6.45, 7) is 1.94. The van der Waals surface area contributed by atoms with Gasteiger partial charge < -0.3 is 14.8 Å². The van der Waals surface area contributed by atoms with E-state index in [0.717, 1.165) is 57.8 Å². The van der Waals surface area contributed by atoms with Crippen LogP contribution < -0.4 is 14.8 Å². The highest BCUT2D eigenvalue weighted by atomic mass is 32.1. The molecule has 3 atom stereocenters. The third-order valence-corrected chi connectivity index (χ3v) is 6.37. The summed E-state index contributed by atoms with van der Waals surface area (Å²) >= 11 is 1.73. The summed E-state index contributed by atoms with van der Waals surface area (Å²) in [6, 6.07) is 5.99. The lowest BCUT2D eigenvalue weighted by Gasteiger charge is -2.18. The van der Waals surface area contributed by atoms with Crippen LogP contribution in [0.5, 0.6) is 11.5 Å². The third-order valence-electron chi connectivity index (χ3n) is 5.32. The Morgan fingerprint density at radius 2 is 2.04 bits per heavy atom. The predicted octanol–water partition coefficient (Wildman–Crippen LogP) is 4.13. The van der Waals surface area contributed by atoms with Crippen molar-refractivity contribution in [1.29, 1.82) is 0 Å². The van der Waals surface area contributed by atoms with Crippen molar-refractivity contribution < 1.29 is 9.47 Å². The molecule has 5 heteroatoms. The molecule has 1 aromatic carbocycles. The van der Waals surface area contributed by atoms with E-state index in [0.29, 0.717) is 0 Å². The summed E-state index contributed by atoms with van der Waals surface area (Å²) in [6.07, 6.45) is 9.48. The Morgan fingerprint density at radius 3 is 2.76 bits per heavy atom. The number of fused-ring (bicyclic) bond motifs is 2. The number of ether oxygens (including phenoxy) is 2. The highest BCUT2D eigenvalue weighted by Crippen LogP contribution is 2.43. The summed E-state index contributed by atoms with van der Waals surface area (Å²) in [7, 11) is 3.31. The Balaban J connectivity index is 1.36. The van der Waals surface area contributed by atoms with Gasteiger partial charge in [0.1, 0.15) is 5.01 Å². The van der Waals surface area contributed by atoms with Gasteiger partial charge in [0.25, 0.3) is 0 Å². The molecule has 2 aromatic rings. The second kappa shape index (κ2) is 7.18. The van der Waals surface area contributed by atoms with Gasteiger partial charge in [-0.2, -0.15) is 0 Å². The van der Waals surface area contributed by atoms with Crippen LogP contribution in [0.3, 0.4) is 0 Å². The summed E-state index contributed by atoms with van der Waals surface area (Å²) < 4.78 is 10.7. The van der Waals surface area contributed by atoms with Crippen molar-refractivity contribution in [2.45, 2.75) is 19.4 Å². The van der Waals surface area contributed by atoms with Crippen molar-refractivity contribution in [2.24, 2.45) is 17.8 Å². The first-order valence-corrected chi connectivity index (χ1v) is 9.64. The number of aromatic nitrogens is 1. The van der Waals surface area contributed by atoms with Gasteiger partial charge in [-0.15, -0.1) is 11.3 Å². The molecule has 3 unspecified atom stereocenters. The van der Waals surface area contributed by atoms with Gasteiger partial charge in [0.05, 0.1) is 19.1 Å². The molecule has 2 bridgehead atoms. The van der Waals surface area contributed by atoms with Gasteiger partial charge in [-0.3, -0.25) is 0 Å². The Labute approximate surface area is 152 Å². The number of thiazole rings is 1. The largest absolute Gasteiger partial charge is 0.493 e. The lowest BCUT2D eigenvalue weighted by atomic mass is 9.94. The van der Waals surface area contributed by atoms with Crippen molar-refractivity contribution in [3.8, 4) is 21.9 Å². The van der Waals surface area contributed by atoms with Gasteiger partial charge in [0.15, 0.2) is 11.5 Å². The Bertz CT molecular complexity index is 771. The fourth-order valence-electron chi connectivity index (χ4n) is 4.01. The zero-order valence-corrected chi connectivity index (χ0v) is 15.5.